The molecular weight excluding hydrogens is 311 g/mol. The molecule has 0 aliphatic carbocycles. The quantitative estimate of drug-likeness (QED) is 0.469. The van der Waals surface area contributed by atoms with E-state index in [1.54, 1.807) is 54.6 Å². The van der Waals surface area contributed by atoms with Gasteiger partial charge in [-0.1, -0.05) is 35.3 Å². The van der Waals surface area contributed by atoms with Crippen LogP contribution in [0.3, 0.4) is 0 Å². The number of benzene rings is 2. The first kappa shape index (κ1) is 15.4. The van der Waals surface area contributed by atoms with Crippen molar-refractivity contribution in [3.63, 3.8) is 0 Å². The van der Waals surface area contributed by atoms with Crippen molar-refractivity contribution in [1.29, 1.82) is 0 Å². The highest BCUT2D eigenvalue weighted by molar-refractivity contribution is 6.30. The molecule has 0 aliphatic rings. The minimum absolute atomic E-state index is 0.0714. The summed E-state index contributed by atoms with van der Waals surface area (Å²) in [4.78, 5) is 11.8. The highest BCUT2D eigenvalue weighted by Gasteiger charge is 2.12. The fourth-order valence-electron chi connectivity index (χ4n) is 1.57. The van der Waals surface area contributed by atoms with Crippen LogP contribution in [-0.2, 0) is 9.53 Å². The Kier molecular flexibility index (Phi) is 5.26. The number of rotatable bonds is 4. The second-order valence-corrected chi connectivity index (χ2v) is 4.98. The average molecular weight is 323 g/mol. The summed E-state index contributed by atoms with van der Waals surface area (Å²) in [6.45, 7) is 0. The number of esters is 1. The maximum absolute atomic E-state index is 11.8. The number of halogens is 2. The number of carbonyl (C=O) groups excluding carboxylic acids is 1. The Hall–Kier alpha value is -1.97. The molecular formula is C16H12Cl2O3. The lowest BCUT2D eigenvalue weighted by Crippen LogP contribution is -2.10. The van der Waals surface area contributed by atoms with Crippen LogP contribution in [0.15, 0.2) is 54.3 Å². The van der Waals surface area contributed by atoms with Crippen molar-refractivity contribution in [1.82, 2.24) is 0 Å². The normalized spacial score (nSPS) is 11.1. The first-order valence-corrected chi connectivity index (χ1v) is 6.83. The van der Waals surface area contributed by atoms with Gasteiger partial charge in [-0.25, -0.2) is 4.79 Å². The lowest BCUT2D eigenvalue weighted by molar-refractivity contribution is -0.138. The van der Waals surface area contributed by atoms with Gasteiger partial charge in [0, 0.05) is 10.0 Å². The van der Waals surface area contributed by atoms with Crippen molar-refractivity contribution in [2.45, 2.75) is 0 Å². The van der Waals surface area contributed by atoms with Gasteiger partial charge in [-0.2, -0.15) is 0 Å². The van der Waals surface area contributed by atoms with Gasteiger partial charge in [-0.15, -0.1) is 0 Å². The molecule has 108 valence electrons. The third-order valence-corrected chi connectivity index (χ3v) is 3.10. The van der Waals surface area contributed by atoms with Crippen LogP contribution in [-0.4, -0.2) is 13.1 Å². The smallest absolute Gasteiger partial charge is 0.373 e. The van der Waals surface area contributed by atoms with Crippen molar-refractivity contribution in [3.05, 3.63) is 69.9 Å². The lowest BCUT2D eigenvalue weighted by atomic mass is 10.2. The standard InChI is InChI=1S/C16H12Cl2O3/c1-20-16(19)15(10-11-2-4-12(17)5-3-11)21-14-8-6-13(18)7-9-14/h2-10H,1H3/b15-10-. The largest absolute Gasteiger partial charge is 0.463 e. The highest BCUT2D eigenvalue weighted by Crippen LogP contribution is 2.20. The van der Waals surface area contributed by atoms with Crippen LogP contribution in [0.1, 0.15) is 5.56 Å². The van der Waals surface area contributed by atoms with E-state index < -0.39 is 5.97 Å². The van der Waals surface area contributed by atoms with E-state index in [4.69, 9.17) is 32.7 Å². The van der Waals surface area contributed by atoms with Gasteiger partial charge < -0.3 is 9.47 Å². The summed E-state index contributed by atoms with van der Waals surface area (Å²) in [6, 6.07) is 13.7. The van der Waals surface area contributed by atoms with Crippen molar-refractivity contribution in [2.24, 2.45) is 0 Å². The Balaban J connectivity index is 2.27. The summed E-state index contributed by atoms with van der Waals surface area (Å²) >= 11 is 11.6. The van der Waals surface area contributed by atoms with Crippen molar-refractivity contribution in [2.75, 3.05) is 7.11 Å². The van der Waals surface area contributed by atoms with Gasteiger partial charge in [0.2, 0.25) is 5.76 Å². The lowest BCUT2D eigenvalue weighted by Gasteiger charge is -2.08. The van der Waals surface area contributed by atoms with E-state index >= 15 is 0 Å². The number of carbonyl (C=O) groups is 1. The summed E-state index contributed by atoms with van der Waals surface area (Å²) in [5.41, 5.74) is 0.772. The number of methoxy groups -OCH3 is 1. The Bertz CT molecular complexity index is 646. The molecule has 2 rings (SSSR count). The molecule has 0 unspecified atom stereocenters. The molecule has 0 aliphatic heterocycles. The molecule has 0 radical (unpaired) electrons. The van der Waals surface area contributed by atoms with E-state index in [-0.39, 0.29) is 5.76 Å². The second-order valence-electron chi connectivity index (χ2n) is 4.11. The topological polar surface area (TPSA) is 35.5 Å². The van der Waals surface area contributed by atoms with E-state index in [0.29, 0.717) is 15.8 Å². The molecule has 2 aromatic carbocycles. The fraction of sp³-hybridized carbons (Fsp3) is 0.0625. The van der Waals surface area contributed by atoms with Crippen LogP contribution in [0.4, 0.5) is 0 Å². The minimum atomic E-state index is -0.570. The van der Waals surface area contributed by atoms with E-state index in [2.05, 4.69) is 0 Å². The second kappa shape index (κ2) is 7.16. The SMILES string of the molecule is COC(=O)/C(=C/c1ccc(Cl)cc1)Oc1ccc(Cl)cc1. The fourth-order valence-corrected chi connectivity index (χ4v) is 1.82. The van der Waals surface area contributed by atoms with Gasteiger partial charge in [0.05, 0.1) is 7.11 Å². The Morgan fingerprint density at radius 3 is 2.00 bits per heavy atom. The van der Waals surface area contributed by atoms with Gasteiger partial charge in [-0.3, -0.25) is 0 Å². The van der Waals surface area contributed by atoms with Crippen LogP contribution in [0.5, 0.6) is 5.75 Å². The molecule has 0 heterocycles. The molecule has 0 amide bonds. The molecule has 0 spiro atoms. The predicted molar refractivity (Wildman–Crippen MR) is 83.5 cm³/mol. The maximum atomic E-state index is 11.8. The number of ether oxygens (including phenoxy) is 2. The molecule has 5 heteroatoms. The summed E-state index contributed by atoms with van der Waals surface area (Å²) in [6.07, 6.45) is 1.58. The zero-order chi connectivity index (χ0) is 15.2. The summed E-state index contributed by atoms with van der Waals surface area (Å²) in [7, 11) is 1.29. The van der Waals surface area contributed by atoms with Crippen molar-refractivity contribution in [3.8, 4) is 5.75 Å². The Labute approximate surface area is 132 Å². The van der Waals surface area contributed by atoms with Crippen molar-refractivity contribution < 1.29 is 14.3 Å². The minimum Gasteiger partial charge on any atom is -0.463 e. The highest BCUT2D eigenvalue weighted by atomic mass is 35.5. The third kappa shape index (κ3) is 4.52. The molecule has 2 aromatic rings. The molecule has 3 nitrogen and oxygen atoms in total. The van der Waals surface area contributed by atoms with E-state index in [9.17, 15) is 4.79 Å². The van der Waals surface area contributed by atoms with Crippen LogP contribution in [0.2, 0.25) is 10.0 Å². The van der Waals surface area contributed by atoms with Crippen LogP contribution < -0.4 is 4.74 Å². The zero-order valence-corrected chi connectivity index (χ0v) is 12.7. The van der Waals surface area contributed by atoms with E-state index in [0.717, 1.165) is 5.56 Å². The summed E-state index contributed by atoms with van der Waals surface area (Å²) < 4.78 is 10.3. The van der Waals surface area contributed by atoms with Crippen LogP contribution in [0, 0.1) is 0 Å². The Morgan fingerprint density at radius 1 is 0.952 bits per heavy atom. The first-order chi connectivity index (χ1) is 10.1. The number of hydrogen-bond acceptors (Lipinski definition) is 3. The van der Waals surface area contributed by atoms with Gasteiger partial charge in [0.15, 0.2) is 0 Å². The average Bonchev–Trinajstić information content (AvgIpc) is 2.50. The zero-order valence-electron chi connectivity index (χ0n) is 11.2. The van der Waals surface area contributed by atoms with Crippen LogP contribution >= 0.6 is 23.2 Å². The van der Waals surface area contributed by atoms with E-state index in [1.807, 2.05) is 0 Å². The monoisotopic (exact) mass is 322 g/mol. The molecule has 0 bridgehead atoms. The maximum Gasteiger partial charge on any atom is 0.373 e. The van der Waals surface area contributed by atoms with Gasteiger partial charge in [0.25, 0.3) is 0 Å². The number of hydrogen-bond donors (Lipinski definition) is 0. The van der Waals surface area contributed by atoms with Gasteiger partial charge >= 0.3 is 5.97 Å². The first-order valence-electron chi connectivity index (χ1n) is 6.07. The summed E-state index contributed by atoms with van der Waals surface area (Å²) in [5, 5.41) is 1.20. The van der Waals surface area contributed by atoms with Gasteiger partial charge in [-0.05, 0) is 48.0 Å². The van der Waals surface area contributed by atoms with Crippen LogP contribution in [0.25, 0.3) is 6.08 Å². The summed E-state index contributed by atoms with van der Waals surface area (Å²) in [5.74, 6) is -0.00735. The Morgan fingerprint density at radius 2 is 1.48 bits per heavy atom. The third-order valence-electron chi connectivity index (χ3n) is 2.60. The molecule has 0 N–H and O–H groups in total. The molecule has 0 aromatic heterocycles. The predicted octanol–water partition coefficient (Wildman–Crippen LogP) is 4.59. The molecule has 0 saturated carbocycles. The van der Waals surface area contributed by atoms with Crippen molar-refractivity contribution >= 4 is 35.2 Å². The molecule has 0 atom stereocenters. The van der Waals surface area contributed by atoms with Gasteiger partial charge in [0.1, 0.15) is 5.75 Å². The van der Waals surface area contributed by atoms with E-state index in [1.165, 1.54) is 7.11 Å². The molecule has 21 heavy (non-hydrogen) atoms. The molecule has 0 saturated heterocycles. The molecule has 0 fully saturated rings.